The smallest absolute Gasteiger partial charge is 0.0823 e. The van der Waals surface area contributed by atoms with E-state index in [9.17, 15) is 0 Å². The largest absolute Gasteiger partial charge is 0.376 e. The lowest BCUT2D eigenvalue weighted by Gasteiger charge is -2.28. The fraction of sp³-hybridized carbons (Fsp3) is 1.00. The summed E-state index contributed by atoms with van der Waals surface area (Å²) in [6, 6.07) is 0. The number of ether oxygens (including phenoxy) is 1. The molecular formula is C10H19NO. The summed E-state index contributed by atoms with van der Waals surface area (Å²) in [6.07, 6.45) is 7.64. The van der Waals surface area contributed by atoms with E-state index >= 15 is 0 Å². The van der Waals surface area contributed by atoms with Crippen LogP contribution in [-0.4, -0.2) is 25.8 Å². The molecule has 0 unspecified atom stereocenters. The Morgan fingerprint density at radius 3 is 2.58 bits per heavy atom. The minimum absolute atomic E-state index is 0.534. The minimum atomic E-state index is 0.534. The fourth-order valence-electron chi connectivity index (χ4n) is 1.78. The number of rotatable bonds is 5. The van der Waals surface area contributed by atoms with E-state index in [1.807, 2.05) is 0 Å². The van der Waals surface area contributed by atoms with Crippen molar-refractivity contribution in [2.45, 2.75) is 38.2 Å². The molecule has 0 bridgehead atoms. The zero-order valence-electron chi connectivity index (χ0n) is 7.72. The summed E-state index contributed by atoms with van der Waals surface area (Å²) in [4.78, 5) is 0. The van der Waals surface area contributed by atoms with Gasteiger partial charge in [0.15, 0.2) is 0 Å². The topological polar surface area (TPSA) is 21.3 Å². The number of nitrogens with one attached hydrogen (secondary N) is 1. The van der Waals surface area contributed by atoms with Gasteiger partial charge in [0.1, 0.15) is 0 Å². The fourth-order valence-corrected chi connectivity index (χ4v) is 1.78. The minimum Gasteiger partial charge on any atom is -0.376 e. The standard InChI is InChI=1S/C10H19NO/c1-3-9(4-1)5-2-6-12-10-7-11-8-10/h9-11H,1-8H2. The van der Waals surface area contributed by atoms with Crippen molar-refractivity contribution in [3.8, 4) is 0 Å². The Kier molecular flexibility index (Phi) is 3.01. The van der Waals surface area contributed by atoms with E-state index in [1.54, 1.807) is 0 Å². The summed E-state index contributed by atoms with van der Waals surface area (Å²) < 4.78 is 5.63. The first-order valence-corrected chi connectivity index (χ1v) is 5.27. The molecule has 70 valence electrons. The van der Waals surface area contributed by atoms with Crippen LogP contribution in [0.4, 0.5) is 0 Å². The highest BCUT2D eigenvalue weighted by molar-refractivity contribution is 4.75. The maximum atomic E-state index is 5.63. The van der Waals surface area contributed by atoms with Gasteiger partial charge in [-0.15, -0.1) is 0 Å². The van der Waals surface area contributed by atoms with Crippen LogP contribution in [0, 0.1) is 5.92 Å². The lowest BCUT2D eigenvalue weighted by molar-refractivity contribution is 0.0144. The molecule has 0 radical (unpaired) electrons. The molecule has 2 nitrogen and oxygen atoms in total. The Bertz CT molecular complexity index is 114. The first kappa shape index (κ1) is 8.52. The van der Waals surface area contributed by atoms with E-state index in [0.29, 0.717) is 6.10 Å². The van der Waals surface area contributed by atoms with Crippen LogP contribution < -0.4 is 5.32 Å². The third kappa shape index (κ3) is 2.20. The summed E-state index contributed by atoms with van der Waals surface area (Å²) in [7, 11) is 0. The van der Waals surface area contributed by atoms with Crippen molar-refractivity contribution >= 4 is 0 Å². The van der Waals surface area contributed by atoms with Crippen LogP contribution in [0.15, 0.2) is 0 Å². The van der Waals surface area contributed by atoms with Gasteiger partial charge < -0.3 is 10.1 Å². The monoisotopic (exact) mass is 169 g/mol. The maximum absolute atomic E-state index is 5.63. The molecule has 1 saturated heterocycles. The van der Waals surface area contributed by atoms with Crippen LogP contribution in [0.2, 0.25) is 0 Å². The van der Waals surface area contributed by atoms with Crippen molar-refractivity contribution in [3.05, 3.63) is 0 Å². The Hall–Kier alpha value is -0.0800. The van der Waals surface area contributed by atoms with Crippen molar-refractivity contribution in [1.82, 2.24) is 5.32 Å². The van der Waals surface area contributed by atoms with E-state index in [4.69, 9.17) is 4.74 Å². The molecule has 0 atom stereocenters. The summed E-state index contributed by atoms with van der Waals surface area (Å²) in [5, 5.41) is 3.21. The van der Waals surface area contributed by atoms with Gasteiger partial charge in [0.2, 0.25) is 0 Å². The van der Waals surface area contributed by atoms with Gasteiger partial charge in [-0.3, -0.25) is 0 Å². The molecule has 12 heavy (non-hydrogen) atoms. The average Bonchev–Trinajstić information content (AvgIpc) is 1.88. The highest BCUT2D eigenvalue weighted by atomic mass is 16.5. The molecule has 2 heteroatoms. The molecule has 0 spiro atoms. The molecule has 1 N–H and O–H groups in total. The van der Waals surface area contributed by atoms with Gasteiger partial charge >= 0.3 is 0 Å². The first-order valence-electron chi connectivity index (χ1n) is 5.27. The van der Waals surface area contributed by atoms with E-state index in [2.05, 4.69) is 5.32 Å². The summed E-state index contributed by atoms with van der Waals surface area (Å²) in [6.45, 7) is 3.13. The van der Waals surface area contributed by atoms with E-state index in [-0.39, 0.29) is 0 Å². The Labute approximate surface area is 74.7 Å². The Balaban J connectivity index is 1.40. The predicted molar refractivity (Wildman–Crippen MR) is 49.2 cm³/mol. The van der Waals surface area contributed by atoms with E-state index < -0.39 is 0 Å². The van der Waals surface area contributed by atoms with Crippen molar-refractivity contribution in [3.63, 3.8) is 0 Å². The highest BCUT2D eigenvalue weighted by Gasteiger charge is 2.18. The molecule has 2 rings (SSSR count). The molecule has 2 aliphatic rings. The molecule has 0 amide bonds. The lowest BCUT2D eigenvalue weighted by atomic mass is 9.82. The molecule has 0 aromatic carbocycles. The average molecular weight is 169 g/mol. The molecule has 1 saturated carbocycles. The van der Waals surface area contributed by atoms with Crippen LogP contribution >= 0.6 is 0 Å². The molecular weight excluding hydrogens is 150 g/mol. The van der Waals surface area contributed by atoms with Crippen LogP contribution in [-0.2, 0) is 4.74 Å². The predicted octanol–water partition coefficient (Wildman–Crippen LogP) is 1.56. The zero-order chi connectivity index (χ0) is 8.23. The molecule has 1 heterocycles. The van der Waals surface area contributed by atoms with Gasteiger partial charge in [0, 0.05) is 19.7 Å². The summed E-state index contributed by atoms with van der Waals surface area (Å²) in [5.74, 6) is 1.05. The van der Waals surface area contributed by atoms with Gasteiger partial charge in [0.25, 0.3) is 0 Å². The Morgan fingerprint density at radius 1 is 1.25 bits per heavy atom. The van der Waals surface area contributed by atoms with Gasteiger partial charge in [0.05, 0.1) is 6.10 Å². The van der Waals surface area contributed by atoms with Crippen molar-refractivity contribution in [2.24, 2.45) is 5.92 Å². The second-order valence-corrected chi connectivity index (χ2v) is 4.09. The molecule has 0 aromatic heterocycles. The lowest BCUT2D eigenvalue weighted by Crippen LogP contribution is -2.48. The van der Waals surface area contributed by atoms with E-state index in [1.165, 1.54) is 32.1 Å². The first-order chi connectivity index (χ1) is 5.95. The third-order valence-corrected chi connectivity index (χ3v) is 3.08. The second kappa shape index (κ2) is 4.24. The van der Waals surface area contributed by atoms with Crippen molar-refractivity contribution in [2.75, 3.05) is 19.7 Å². The molecule has 0 aromatic rings. The second-order valence-electron chi connectivity index (χ2n) is 4.09. The van der Waals surface area contributed by atoms with Crippen LogP contribution in [0.25, 0.3) is 0 Å². The normalized spacial score (nSPS) is 25.0. The van der Waals surface area contributed by atoms with Gasteiger partial charge in [-0.1, -0.05) is 19.3 Å². The Morgan fingerprint density at radius 2 is 2.08 bits per heavy atom. The molecule has 1 aliphatic carbocycles. The molecule has 1 aliphatic heterocycles. The SMILES string of the molecule is C(COC1CNC1)CC1CCC1. The van der Waals surface area contributed by atoms with Crippen LogP contribution in [0.5, 0.6) is 0 Å². The number of hydrogen-bond acceptors (Lipinski definition) is 2. The number of hydrogen-bond donors (Lipinski definition) is 1. The van der Waals surface area contributed by atoms with Crippen molar-refractivity contribution < 1.29 is 4.74 Å². The zero-order valence-corrected chi connectivity index (χ0v) is 7.72. The van der Waals surface area contributed by atoms with Gasteiger partial charge in [-0.2, -0.15) is 0 Å². The van der Waals surface area contributed by atoms with Crippen molar-refractivity contribution in [1.29, 1.82) is 0 Å². The van der Waals surface area contributed by atoms with Crippen LogP contribution in [0.1, 0.15) is 32.1 Å². The maximum Gasteiger partial charge on any atom is 0.0823 e. The highest BCUT2D eigenvalue weighted by Crippen LogP contribution is 2.30. The third-order valence-electron chi connectivity index (χ3n) is 3.08. The molecule has 2 fully saturated rings. The van der Waals surface area contributed by atoms with Crippen LogP contribution in [0.3, 0.4) is 0 Å². The van der Waals surface area contributed by atoms with Gasteiger partial charge in [-0.25, -0.2) is 0 Å². The quantitative estimate of drug-likeness (QED) is 0.631. The summed E-state index contributed by atoms with van der Waals surface area (Å²) >= 11 is 0. The summed E-state index contributed by atoms with van der Waals surface area (Å²) in [5.41, 5.74) is 0. The van der Waals surface area contributed by atoms with E-state index in [0.717, 1.165) is 25.6 Å². The van der Waals surface area contributed by atoms with Gasteiger partial charge in [-0.05, 0) is 18.8 Å².